The Morgan fingerprint density at radius 2 is 2.04 bits per heavy atom. The molecule has 28 heavy (non-hydrogen) atoms. The number of aldehydes is 1. The average molecular weight is 391 g/mol. The Labute approximate surface area is 161 Å². The minimum Gasteiger partial charge on any atom is -0.363 e. The number of amides is 1. The molecule has 1 aliphatic heterocycles. The Morgan fingerprint density at radius 3 is 2.61 bits per heavy atom. The number of aryl methyl sites for hydroxylation is 1. The van der Waals surface area contributed by atoms with E-state index >= 15 is 4.39 Å². The fourth-order valence-corrected chi connectivity index (χ4v) is 3.94. The lowest BCUT2D eigenvalue weighted by molar-refractivity contribution is -0.131. The molecule has 8 heteroatoms. The van der Waals surface area contributed by atoms with Crippen molar-refractivity contribution in [2.45, 2.75) is 39.8 Å². The first-order valence-corrected chi connectivity index (χ1v) is 9.29. The molecule has 0 spiro atoms. The fourth-order valence-electron chi connectivity index (χ4n) is 3.94. The molecule has 1 aromatic heterocycles. The van der Waals surface area contributed by atoms with Gasteiger partial charge < -0.3 is 19.2 Å². The smallest absolute Gasteiger partial charge is 0.219 e. The van der Waals surface area contributed by atoms with E-state index in [1.807, 2.05) is 6.92 Å². The van der Waals surface area contributed by atoms with E-state index in [2.05, 4.69) is 0 Å². The van der Waals surface area contributed by atoms with Crippen LogP contribution in [-0.2, 0) is 22.6 Å². The third-order valence-corrected chi connectivity index (χ3v) is 5.30. The second-order valence-electron chi connectivity index (χ2n) is 7.06. The van der Waals surface area contributed by atoms with Gasteiger partial charge in [-0.1, -0.05) is 0 Å². The van der Waals surface area contributed by atoms with Gasteiger partial charge >= 0.3 is 0 Å². The predicted molar refractivity (Wildman–Crippen MR) is 103 cm³/mol. The lowest BCUT2D eigenvalue weighted by Crippen LogP contribution is -2.54. The van der Waals surface area contributed by atoms with E-state index in [0.717, 1.165) is 6.07 Å². The first-order chi connectivity index (χ1) is 13.3. The van der Waals surface area contributed by atoms with E-state index in [-0.39, 0.29) is 40.5 Å². The number of hydrogen-bond donors (Lipinski definition) is 0. The van der Waals surface area contributed by atoms with Crippen LogP contribution in [0.15, 0.2) is 17.1 Å². The summed E-state index contributed by atoms with van der Waals surface area (Å²) in [5, 5.41) is -0.0737. The van der Waals surface area contributed by atoms with Gasteiger partial charge in [0.25, 0.3) is 0 Å². The van der Waals surface area contributed by atoms with Gasteiger partial charge in [0.15, 0.2) is 11.2 Å². The second-order valence-corrected chi connectivity index (χ2v) is 7.06. The second kappa shape index (κ2) is 7.69. The molecule has 1 aliphatic rings. The van der Waals surface area contributed by atoms with Gasteiger partial charge in [-0.15, -0.1) is 0 Å². The predicted octanol–water partition coefficient (Wildman–Crippen LogP) is 2.10. The molecule has 1 unspecified atom stereocenters. The zero-order valence-electron chi connectivity index (χ0n) is 16.2. The van der Waals surface area contributed by atoms with Crippen molar-refractivity contribution in [3.63, 3.8) is 0 Å². The zero-order valence-corrected chi connectivity index (χ0v) is 16.2. The van der Waals surface area contributed by atoms with Gasteiger partial charge in [-0.2, -0.15) is 0 Å². The number of nitrogens with zero attached hydrogens (tertiary/aromatic N) is 3. The average Bonchev–Trinajstić information content (AvgIpc) is 2.64. The van der Waals surface area contributed by atoms with E-state index in [1.54, 1.807) is 16.7 Å². The normalized spacial score (nSPS) is 17.2. The molecule has 0 aliphatic carbocycles. The van der Waals surface area contributed by atoms with Crippen LogP contribution < -0.4 is 10.3 Å². The van der Waals surface area contributed by atoms with Gasteiger partial charge in [0.2, 0.25) is 5.91 Å². The third-order valence-electron chi connectivity index (χ3n) is 5.30. The van der Waals surface area contributed by atoms with Crippen molar-refractivity contribution in [3.05, 3.63) is 39.7 Å². The summed E-state index contributed by atoms with van der Waals surface area (Å²) >= 11 is 0. The number of piperazine rings is 1. The van der Waals surface area contributed by atoms with Crippen molar-refractivity contribution < 1.29 is 18.4 Å². The monoisotopic (exact) mass is 391 g/mol. The number of pyridine rings is 1. The summed E-state index contributed by atoms with van der Waals surface area (Å²) in [6.07, 6.45) is 1.95. The fraction of sp³-hybridized carbons (Fsp3) is 0.450. The van der Waals surface area contributed by atoms with E-state index in [4.69, 9.17) is 0 Å². The summed E-state index contributed by atoms with van der Waals surface area (Å²) in [4.78, 5) is 38.3. The van der Waals surface area contributed by atoms with Crippen molar-refractivity contribution in [1.82, 2.24) is 9.47 Å². The summed E-state index contributed by atoms with van der Waals surface area (Å²) in [6, 6.07) is 0.863. The Morgan fingerprint density at radius 1 is 1.32 bits per heavy atom. The Bertz CT molecular complexity index is 1000. The standard InChI is InChI=1S/C20H23F2N3O3/c1-4-23-11-14(5-8-26)20(28)15-9-16(21)19(17(22)18(15)23)24-6-7-25(13(3)27)12(2)10-24/h8-9,11-12H,4-7,10H2,1-3H3. The number of benzene rings is 1. The first-order valence-electron chi connectivity index (χ1n) is 9.29. The number of carbonyl (C=O) groups excluding carboxylic acids is 2. The Kier molecular flexibility index (Phi) is 5.49. The summed E-state index contributed by atoms with van der Waals surface area (Å²) in [6.45, 7) is 6.40. The molecule has 3 rings (SSSR count). The summed E-state index contributed by atoms with van der Waals surface area (Å²) in [5.41, 5.74) is -0.488. The van der Waals surface area contributed by atoms with E-state index in [0.29, 0.717) is 32.5 Å². The van der Waals surface area contributed by atoms with Crippen LogP contribution >= 0.6 is 0 Å². The van der Waals surface area contributed by atoms with Gasteiger partial charge in [-0.05, 0) is 19.9 Å². The highest BCUT2D eigenvalue weighted by Gasteiger charge is 2.30. The molecule has 0 radical (unpaired) electrons. The zero-order chi connectivity index (χ0) is 20.6. The van der Waals surface area contributed by atoms with Crippen LogP contribution in [0, 0.1) is 11.6 Å². The lowest BCUT2D eigenvalue weighted by atomic mass is 10.1. The molecule has 150 valence electrons. The lowest BCUT2D eigenvalue weighted by Gasteiger charge is -2.40. The largest absolute Gasteiger partial charge is 0.363 e. The SMILES string of the molecule is CCn1cc(CC=O)c(=O)c2cc(F)c(N3CCN(C(C)=O)C(C)C3)c(F)c21. The molecule has 1 amide bonds. The van der Waals surface area contributed by atoms with Crippen molar-refractivity contribution in [2.24, 2.45) is 0 Å². The molecular weight excluding hydrogens is 368 g/mol. The molecule has 0 saturated carbocycles. The van der Waals surface area contributed by atoms with Gasteiger partial charge in [-0.25, -0.2) is 8.78 Å². The van der Waals surface area contributed by atoms with Gasteiger partial charge in [0, 0.05) is 57.3 Å². The Balaban J connectivity index is 2.16. The minimum atomic E-state index is -0.823. The van der Waals surface area contributed by atoms with Crippen LogP contribution in [0.5, 0.6) is 0 Å². The van der Waals surface area contributed by atoms with Crippen molar-refractivity contribution in [3.8, 4) is 0 Å². The van der Waals surface area contributed by atoms with Gasteiger partial charge in [0.05, 0.1) is 10.9 Å². The van der Waals surface area contributed by atoms with E-state index < -0.39 is 17.1 Å². The summed E-state index contributed by atoms with van der Waals surface area (Å²) in [5.74, 6) is -1.69. The minimum absolute atomic E-state index is 0.0280. The maximum Gasteiger partial charge on any atom is 0.219 e. The number of carbonyl (C=O) groups is 2. The maximum absolute atomic E-state index is 15.5. The third kappa shape index (κ3) is 3.27. The van der Waals surface area contributed by atoms with Gasteiger partial charge in [0.1, 0.15) is 17.8 Å². The summed E-state index contributed by atoms with van der Waals surface area (Å²) < 4.78 is 31.9. The summed E-state index contributed by atoms with van der Waals surface area (Å²) in [7, 11) is 0. The highest BCUT2D eigenvalue weighted by Crippen LogP contribution is 2.31. The van der Waals surface area contributed by atoms with Crippen LogP contribution in [0.25, 0.3) is 10.9 Å². The van der Waals surface area contributed by atoms with Crippen molar-refractivity contribution in [2.75, 3.05) is 24.5 Å². The quantitative estimate of drug-likeness (QED) is 0.749. The molecule has 1 fully saturated rings. The molecule has 6 nitrogen and oxygen atoms in total. The number of fused-ring (bicyclic) bond motifs is 1. The highest BCUT2D eigenvalue weighted by molar-refractivity contribution is 5.85. The molecule has 2 heterocycles. The van der Waals surface area contributed by atoms with Crippen LogP contribution in [0.3, 0.4) is 0 Å². The van der Waals surface area contributed by atoms with Crippen molar-refractivity contribution in [1.29, 1.82) is 0 Å². The van der Waals surface area contributed by atoms with Gasteiger partial charge in [-0.3, -0.25) is 9.59 Å². The number of rotatable bonds is 4. The number of anilines is 1. The number of hydrogen-bond acceptors (Lipinski definition) is 4. The number of halogens is 2. The van der Waals surface area contributed by atoms with E-state index in [9.17, 15) is 18.8 Å². The topological polar surface area (TPSA) is 62.6 Å². The Hall–Kier alpha value is -2.77. The molecule has 0 N–H and O–H groups in total. The molecule has 0 bridgehead atoms. The van der Waals surface area contributed by atoms with Crippen LogP contribution in [0.4, 0.5) is 14.5 Å². The molecule has 1 atom stereocenters. The first kappa shape index (κ1) is 20.0. The molecule has 2 aromatic rings. The van der Waals surface area contributed by atoms with E-state index in [1.165, 1.54) is 17.7 Å². The maximum atomic E-state index is 15.5. The molecule has 1 saturated heterocycles. The highest BCUT2D eigenvalue weighted by atomic mass is 19.1. The molecular formula is C20H23F2N3O3. The van der Waals surface area contributed by atoms with Crippen LogP contribution in [0.1, 0.15) is 26.3 Å². The number of aromatic nitrogens is 1. The molecule has 1 aromatic carbocycles. The van der Waals surface area contributed by atoms with Crippen molar-refractivity contribution >= 4 is 28.8 Å². The van der Waals surface area contributed by atoms with Crippen LogP contribution in [0.2, 0.25) is 0 Å². The van der Waals surface area contributed by atoms with Crippen LogP contribution in [-0.4, -0.2) is 47.3 Å².